The smallest absolute Gasteiger partial charge is 0.115 e. The van der Waals surface area contributed by atoms with Crippen LogP contribution in [0.5, 0.6) is 5.75 Å². The molecule has 1 aliphatic heterocycles. The molecule has 6 N–H and O–H groups in total. The molecule has 136 valence electrons. The van der Waals surface area contributed by atoms with Gasteiger partial charge in [-0.3, -0.25) is 0 Å². The SMILES string of the molecule is CC1(NCc2ccc(O)cc2)CNCCNCCCNCCNC1. The number of phenolic OH excluding ortho intramolecular Hbond substituents is 1. The van der Waals surface area contributed by atoms with Crippen molar-refractivity contribution in [2.45, 2.75) is 25.4 Å². The monoisotopic (exact) mass is 335 g/mol. The van der Waals surface area contributed by atoms with Crippen LogP contribution in [0.1, 0.15) is 18.9 Å². The molecule has 0 bridgehead atoms. The summed E-state index contributed by atoms with van der Waals surface area (Å²) in [5.74, 6) is 0.311. The minimum Gasteiger partial charge on any atom is -0.508 e. The minimum atomic E-state index is -0.0258. The van der Waals surface area contributed by atoms with Gasteiger partial charge in [-0.1, -0.05) is 12.1 Å². The first-order valence-electron chi connectivity index (χ1n) is 9.04. The lowest BCUT2D eigenvalue weighted by Crippen LogP contribution is -2.57. The molecule has 0 aromatic heterocycles. The molecule has 1 fully saturated rings. The Balaban J connectivity index is 1.84. The van der Waals surface area contributed by atoms with Crippen LogP contribution >= 0.6 is 0 Å². The van der Waals surface area contributed by atoms with Crippen LogP contribution in [0.4, 0.5) is 0 Å². The average molecular weight is 335 g/mol. The first-order chi connectivity index (χ1) is 11.7. The Morgan fingerprint density at radius 1 is 0.875 bits per heavy atom. The lowest BCUT2D eigenvalue weighted by molar-refractivity contribution is 0.315. The van der Waals surface area contributed by atoms with Crippen LogP contribution in [0.3, 0.4) is 0 Å². The van der Waals surface area contributed by atoms with Crippen molar-refractivity contribution in [2.24, 2.45) is 0 Å². The topological polar surface area (TPSA) is 80.4 Å². The fraction of sp³-hybridized carbons (Fsp3) is 0.667. The Bertz CT molecular complexity index is 437. The average Bonchev–Trinajstić information content (AvgIpc) is 2.58. The van der Waals surface area contributed by atoms with Crippen molar-refractivity contribution in [1.29, 1.82) is 0 Å². The molecule has 2 rings (SSSR count). The number of rotatable bonds is 3. The van der Waals surface area contributed by atoms with Gasteiger partial charge >= 0.3 is 0 Å². The van der Waals surface area contributed by atoms with Gasteiger partial charge in [0.15, 0.2) is 0 Å². The van der Waals surface area contributed by atoms with E-state index in [9.17, 15) is 5.11 Å². The number of nitrogens with one attached hydrogen (secondary N) is 5. The van der Waals surface area contributed by atoms with Gasteiger partial charge < -0.3 is 31.7 Å². The lowest BCUT2D eigenvalue weighted by atomic mass is 10.0. The van der Waals surface area contributed by atoms with Crippen LogP contribution < -0.4 is 26.6 Å². The highest BCUT2D eigenvalue weighted by Crippen LogP contribution is 2.11. The molecule has 0 atom stereocenters. The van der Waals surface area contributed by atoms with E-state index in [1.54, 1.807) is 12.1 Å². The van der Waals surface area contributed by atoms with Crippen molar-refractivity contribution < 1.29 is 5.11 Å². The summed E-state index contributed by atoms with van der Waals surface area (Å²) in [5, 5.41) is 27.1. The second kappa shape index (κ2) is 10.6. The highest BCUT2D eigenvalue weighted by molar-refractivity contribution is 5.25. The van der Waals surface area contributed by atoms with E-state index < -0.39 is 0 Å². The molecule has 1 saturated heterocycles. The van der Waals surface area contributed by atoms with Crippen molar-refractivity contribution in [3.8, 4) is 5.75 Å². The van der Waals surface area contributed by atoms with Crippen LogP contribution in [0.15, 0.2) is 24.3 Å². The second-order valence-electron chi connectivity index (χ2n) is 6.79. The van der Waals surface area contributed by atoms with Gasteiger partial charge in [0, 0.05) is 51.4 Å². The Morgan fingerprint density at radius 3 is 2.00 bits per heavy atom. The summed E-state index contributed by atoms with van der Waals surface area (Å²) in [5.41, 5.74) is 1.15. The molecule has 0 saturated carbocycles. The highest BCUT2D eigenvalue weighted by Gasteiger charge is 2.22. The van der Waals surface area contributed by atoms with Crippen LogP contribution in [0.2, 0.25) is 0 Å². The van der Waals surface area contributed by atoms with Crippen molar-refractivity contribution in [3.05, 3.63) is 29.8 Å². The first kappa shape index (κ1) is 19.1. The standard InChI is InChI=1S/C18H33N5O/c1-18(23-13-16-3-5-17(24)6-4-16)14-21-11-9-19-7-2-8-20-10-12-22-15-18/h3-6,19-24H,2,7-15H2,1H3. The summed E-state index contributed by atoms with van der Waals surface area (Å²) < 4.78 is 0. The Morgan fingerprint density at radius 2 is 1.42 bits per heavy atom. The van der Waals surface area contributed by atoms with E-state index in [2.05, 4.69) is 33.5 Å². The zero-order valence-electron chi connectivity index (χ0n) is 14.8. The number of benzene rings is 1. The van der Waals surface area contributed by atoms with E-state index >= 15 is 0 Å². The predicted molar refractivity (Wildman–Crippen MR) is 99.4 cm³/mol. The van der Waals surface area contributed by atoms with Crippen molar-refractivity contribution in [3.63, 3.8) is 0 Å². The predicted octanol–water partition coefficient (Wildman–Crippen LogP) is 0.00260. The van der Waals surface area contributed by atoms with E-state index in [4.69, 9.17) is 0 Å². The Labute approximate surface area is 145 Å². The molecule has 0 unspecified atom stereocenters. The zero-order chi connectivity index (χ0) is 17.1. The number of hydrogen-bond donors (Lipinski definition) is 6. The van der Waals surface area contributed by atoms with Gasteiger partial charge in [-0.25, -0.2) is 0 Å². The van der Waals surface area contributed by atoms with Crippen molar-refractivity contribution >= 4 is 0 Å². The molecular weight excluding hydrogens is 302 g/mol. The molecule has 0 amide bonds. The van der Waals surface area contributed by atoms with Crippen LogP contribution in [-0.2, 0) is 6.54 Å². The molecule has 6 heteroatoms. The summed E-state index contributed by atoms with van der Waals surface area (Å²) in [6.45, 7) is 10.9. The van der Waals surface area contributed by atoms with Gasteiger partial charge in [0.25, 0.3) is 0 Å². The molecular formula is C18H33N5O. The molecule has 1 heterocycles. The summed E-state index contributed by atoms with van der Waals surface area (Å²) >= 11 is 0. The number of hydrogen-bond acceptors (Lipinski definition) is 6. The van der Waals surface area contributed by atoms with E-state index in [0.717, 1.165) is 58.9 Å². The van der Waals surface area contributed by atoms with Gasteiger partial charge in [-0.05, 0) is 44.1 Å². The second-order valence-corrected chi connectivity index (χ2v) is 6.79. The summed E-state index contributed by atoms with van der Waals surface area (Å²) in [6.07, 6.45) is 1.17. The summed E-state index contributed by atoms with van der Waals surface area (Å²) in [6, 6.07) is 7.40. The van der Waals surface area contributed by atoms with Gasteiger partial charge in [0.1, 0.15) is 5.75 Å². The number of phenols is 1. The van der Waals surface area contributed by atoms with E-state index in [1.807, 2.05) is 12.1 Å². The third kappa shape index (κ3) is 7.59. The molecule has 1 aromatic carbocycles. The normalized spacial score (nSPS) is 21.0. The quantitative estimate of drug-likeness (QED) is 0.467. The third-order valence-electron chi connectivity index (χ3n) is 4.35. The minimum absolute atomic E-state index is 0.0258. The maximum Gasteiger partial charge on any atom is 0.115 e. The summed E-state index contributed by atoms with van der Waals surface area (Å²) in [7, 11) is 0. The molecule has 1 aromatic rings. The Kier molecular flexibility index (Phi) is 8.49. The first-order valence-corrected chi connectivity index (χ1v) is 9.04. The van der Waals surface area contributed by atoms with E-state index in [-0.39, 0.29) is 5.54 Å². The van der Waals surface area contributed by atoms with E-state index in [0.29, 0.717) is 5.75 Å². The zero-order valence-corrected chi connectivity index (χ0v) is 14.8. The van der Waals surface area contributed by atoms with Gasteiger partial charge in [-0.2, -0.15) is 0 Å². The van der Waals surface area contributed by atoms with Gasteiger partial charge in [-0.15, -0.1) is 0 Å². The maximum absolute atomic E-state index is 9.39. The molecule has 0 radical (unpaired) electrons. The molecule has 6 nitrogen and oxygen atoms in total. The fourth-order valence-electron chi connectivity index (χ4n) is 2.79. The lowest BCUT2D eigenvalue weighted by Gasteiger charge is -2.32. The van der Waals surface area contributed by atoms with Crippen LogP contribution in [-0.4, -0.2) is 63.0 Å². The largest absolute Gasteiger partial charge is 0.508 e. The van der Waals surface area contributed by atoms with Crippen molar-refractivity contribution in [2.75, 3.05) is 52.4 Å². The van der Waals surface area contributed by atoms with Gasteiger partial charge in [0.05, 0.1) is 0 Å². The number of aromatic hydroxyl groups is 1. The Hall–Kier alpha value is -1.18. The molecule has 24 heavy (non-hydrogen) atoms. The van der Waals surface area contributed by atoms with Crippen molar-refractivity contribution in [1.82, 2.24) is 26.6 Å². The third-order valence-corrected chi connectivity index (χ3v) is 4.35. The van der Waals surface area contributed by atoms with Gasteiger partial charge in [0.2, 0.25) is 0 Å². The highest BCUT2D eigenvalue weighted by atomic mass is 16.3. The van der Waals surface area contributed by atoms with Crippen LogP contribution in [0.25, 0.3) is 0 Å². The van der Waals surface area contributed by atoms with Crippen LogP contribution in [0, 0.1) is 0 Å². The fourth-order valence-corrected chi connectivity index (χ4v) is 2.79. The molecule has 0 spiro atoms. The maximum atomic E-state index is 9.39. The molecule has 1 aliphatic rings. The summed E-state index contributed by atoms with van der Waals surface area (Å²) in [4.78, 5) is 0. The molecule has 0 aliphatic carbocycles. The van der Waals surface area contributed by atoms with E-state index in [1.165, 1.54) is 12.0 Å².